The summed E-state index contributed by atoms with van der Waals surface area (Å²) in [7, 11) is 0. The zero-order valence-electron chi connectivity index (χ0n) is 17.6. The topological polar surface area (TPSA) is 115 Å². The van der Waals surface area contributed by atoms with Crippen LogP contribution in [0, 0.1) is 6.92 Å². The van der Waals surface area contributed by atoms with Crippen LogP contribution in [-0.2, 0) is 0 Å². The number of aromatic nitrogens is 5. The van der Waals surface area contributed by atoms with Crippen LogP contribution in [0.4, 0.5) is 16.4 Å². The van der Waals surface area contributed by atoms with Gasteiger partial charge in [0.1, 0.15) is 5.82 Å². The first kappa shape index (κ1) is 20.7. The number of rotatable bonds is 7. The molecular weight excluding hydrogens is 394 g/mol. The number of aromatic amines is 1. The number of aryl methyl sites for hydroxylation is 1. The summed E-state index contributed by atoms with van der Waals surface area (Å²) in [6, 6.07) is 9.11. The fourth-order valence-corrected chi connectivity index (χ4v) is 3.51. The van der Waals surface area contributed by atoms with Gasteiger partial charge in [-0.3, -0.25) is 10.00 Å². The first-order valence-corrected chi connectivity index (χ1v) is 10.5. The molecule has 1 aliphatic rings. The maximum atomic E-state index is 12.2. The van der Waals surface area contributed by atoms with Crippen molar-refractivity contribution in [1.82, 2.24) is 35.4 Å². The normalized spacial score (nSPS) is 14.4. The molecule has 4 rings (SSSR count). The number of nitrogens with zero attached hydrogens (tertiary/aromatic N) is 6. The molecule has 3 heterocycles. The third kappa shape index (κ3) is 5.76. The zero-order chi connectivity index (χ0) is 21.5. The van der Waals surface area contributed by atoms with Crippen molar-refractivity contribution in [2.24, 2.45) is 0 Å². The summed E-state index contributed by atoms with van der Waals surface area (Å²) in [6.07, 6.45) is 4.44. The molecule has 3 aromatic rings. The van der Waals surface area contributed by atoms with Gasteiger partial charge in [-0.2, -0.15) is 5.10 Å². The van der Waals surface area contributed by atoms with Gasteiger partial charge in [-0.1, -0.05) is 12.1 Å². The van der Waals surface area contributed by atoms with Gasteiger partial charge in [-0.25, -0.2) is 19.7 Å². The second-order valence-corrected chi connectivity index (χ2v) is 7.44. The molecule has 10 heteroatoms. The van der Waals surface area contributed by atoms with E-state index in [0.29, 0.717) is 18.1 Å². The monoisotopic (exact) mass is 421 g/mol. The van der Waals surface area contributed by atoms with Crippen LogP contribution in [0.2, 0.25) is 0 Å². The highest BCUT2D eigenvalue weighted by Gasteiger charge is 2.18. The van der Waals surface area contributed by atoms with E-state index in [-0.39, 0.29) is 6.03 Å². The number of H-pyrrole nitrogens is 1. The third-order valence-corrected chi connectivity index (χ3v) is 5.12. The molecule has 3 N–H and O–H groups in total. The number of hydrogen-bond donors (Lipinski definition) is 3. The van der Waals surface area contributed by atoms with E-state index < -0.39 is 0 Å². The summed E-state index contributed by atoms with van der Waals surface area (Å²) in [5.41, 5.74) is 1.55. The lowest BCUT2D eigenvalue weighted by Gasteiger charge is -2.34. The Kier molecular flexibility index (Phi) is 6.68. The number of anilines is 2. The van der Waals surface area contributed by atoms with Gasteiger partial charge in [-0.15, -0.1) is 0 Å². The van der Waals surface area contributed by atoms with Crippen LogP contribution in [-0.4, -0.2) is 75.3 Å². The minimum absolute atomic E-state index is 0.214. The average molecular weight is 422 g/mol. The summed E-state index contributed by atoms with van der Waals surface area (Å²) >= 11 is 0. The van der Waals surface area contributed by atoms with Crippen LogP contribution >= 0.6 is 0 Å². The van der Waals surface area contributed by atoms with Gasteiger partial charge in [0.15, 0.2) is 5.82 Å². The van der Waals surface area contributed by atoms with Gasteiger partial charge in [0.25, 0.3) is 0 Å². The Morgan fingerprint density at radius 1 is 1.13 bits per heavy atom. The lowest BCUT2D eigenvalue weighted by atomic mass is 10.2. The van der Waals surface area contributed by atoms with Gasteiger partial charge < -0.3 is 15.5 Å². The number of hydrogen-bond acceptors (Lipinski definition) is 7. The highest BCUT2D eigenvalue weighted by atomic mass is 16.2. The van der Waals surface area contributed by atoms with Crippen molar-refractivity contribution in [2.45, 2.75) is 13.3 Å². The fourth-order valence-electron chi connectivity index (χ4n) is 3.51. The summed E-state index contributed by atoms with van der Waals surface area (Å²) in [4.78, 5) is 29.8. The molecule has 1 saturated heterocycles. The van der Waals surface area contributed by atoms with Crippen LogP contribution in [0.15, 0.2) is 42.7 Å². The van der Waals surface area contributed by atoms with Gasteiger partial charge in [-0.05, 0) is 38.1 Å². The molecule has 31 heavy (non-hydrogen) atoms. The molecule has 2 aromatic heterocycles. The number of urea groups is 1. The van der Waals surface area contributed by atoms with Crippen molar-refractivity contribution in [3.63, 3.8) is 0 Å². The summed E-state index contributed by atoms with van der Waals surface area (Å²) in [5, 5.41) is 12.8. The van der Waals surface area contributed by atoms with Crippen molar-refractivity contribution in [2.75, 3.05) is 49.5 Å². The van der Waals surface area contributed by atoms with E-state index in [1.807, 2.05) is 37.3 Å². The third-order valence-electron chi connectivity index (χ3n) is 5.12. The Hall–Kier alpha value is -3.53. The predicted octanol–water partition coefficient (Wildman–Crippen LogP) is 1.90. The average Bonchev–Trinajstić information content (AvgIpc) is 3.24. The Bertz CT molecular complexity index is 983. The number of carbonyl (C=O) groups excluding carboxylic acids is 1. The molecule has 0 atom stereocenters. The highest BCUT2D eigenvalue weighted by molar-refractivity contribution is 5.89. The van der Waals surface area contributed by atoms with Crippen molar-refractivity contribution in [3.05, 3.63) is 48.5 Å². The maximum absolute atomic E-state index is 12.2. The van der Waals surface area contributed by atoms with E-state index in [0.717, 1.165) is 56.5 Å². The molecule has 1 aromatic carbocycles. The predicted molar refractivity (Wildman–Crippen MR) is 119 cm³/mol. The second kappa shape index (κ2) is 9.98. The molecule has 0 aliphatic carbocycles. The van der Waals surface area contributed by atoms with Gasteiger partial charge in [0.05, 0.1) is 0 Å². The van der Waals surface area contributed by atoms with Crippen molar-refractivity contribution < 1.29 is 4.79 Å². The molecule has 0 bridgehead atoms. The zero-order valence-corrected chi connectivity index (χ0v) is 17.6. The van der Waals surface area contributed by atoms with Crippen LogP contribution in [0.5, 0.6) is 0 Å². The Morgan fingerprint density at radius 2 is 1.94 bits per heavy atom. The van der Waals surface area contributed by atoms with Gasteiger partial charge >= 0.3 is 6.03 Å². The van der Waals surface area contributed by atoms with E-state index in [4.69, 9.17) is 0 Å². The fraction of sp³-hybridized carbons (Fsp3) is 0.381. The summed E-state index contributed by atoms with van der Waals surface area (Å²) in [5.74, 6) is 2.16. The van der Waals surface area contributed by atoms with Crippen LogP contribution in [0.25, 0.3) is 11.4 Å². The summed E-state index contributed by atoms with van der Waals surface area (Å²) in [6.45, 7) is 7.19. The minimum Gasteiger partial charge on any atom is -0.338 e. The van der Waals surface area contributed by atoms with Crippen molar-refractivity contribution >= 4 is 17.7 Å². The van der Waals surface area contributed by atoms with Crippen LogP contribution in [0.3, 0.4) is 0 Å². The number of carbonyl (C=O) groups is 1. The van der Waals surface area contributed by atoms with Gasteiger partial charge in [0.2, 0.25) is 5.95 Å². The van der Waals surface area contributed by atoms with E-state index >= 15 is 0 Å². The number of amides is 2. The highest BCUT2D eigenvalue weighted by Crippen LogP contribution is 2.19. The minimum atomic E-state index is -0.214. The van der Waals surface area contributed by atoms with Crippen LogP contribution < -0.4 is 15.5 Å². The molecule has 1 aliphatic heterocycles. The standard InChI is InChI=1S/C21H27N9O/c1-16-25-19(28-27-16)17-5-2-6-18(15-17)26-21(31)24-9-4-10-29-11-13-30(14-12-29)20-22-7-3-8-23-20/h2-3,5-8,15H,4,9-14H2,1H3,(H2,24,26,31)(H,25,27,28). The largest absolute Gasteiger partial charge is 0.338 e. The molecule has 0 radical (unpaired) electrons. The Morgan fingerprint density at radius 3 is 2.68 bits per heavy atom. The number of nitrogens with one attached hydrogen (secondary N) is 3. The van der Waals surface area contributed by atoms with Gasteiger partial charge in [0, 0.05) is 56.4 Å². The smallest absolute Gasteiger partial charge is 0.319 e. The Balaban J connectivity index is 1.15. The second-order valence-electron chi connectivity index (χ2n) is 7.44. The molecule has 0 spiro atoms. The lowest BCUT2D eigenvalue weighted by molar-refractivity contribution is 0.244. The molecule has 10 nitrogen and oxygen atoms in total. The SMILES string of the molecule is Cc1nc(-c2cccc(NC(=O)NCCCN3CCN(c4ncccn4)CC3)c2)n[nH]1. The Labute approximate surface area is 181 Å². The summed E-state index contributed by atoms with van der Waals surface area (Å²) < 4.78 is 0. The van der Waals surface area contributed by atoms with E-state index in [1.165, 1.54) is 0 Å². The number of piperazine rings is 1. The van der Waals surface area contributed by atoms with Crippen molar-refractivity contribution in [1.29, 1.82) is 0 Å². The van der Waals surface area contributed by atoms with E-state index in [2.05, 4.69) is 45.6 Å². The molecule has 2 amide bonds. The molecule has 162 valence electrons. The lowest BCUT2D eigenvalue weighted by Crippen LogP contribution is -2.47. The van der Waals surface area contributed by atoms with E-state index in [1.54, 1.807) is 12.4 Å². The maximum Gasteiger partial charge on any atom is 0.319 e. The van der Waals surface area contributed by atoms with Crippen LogP contribution in [0.1, 0.15) is 12.2 Å². The molecule has 1 fully saturated rings. The molecular formula is C21H27N9O. The first-order chi connectivity index (χ1) is 15.2. The molecule has 0 saturated carbocycles. The first-order valence-electron chi connectivity index (χ1n) is 10.5. The number of benzene rings is 1. The quantitative estimate of drug-likeness (QED) is 0.499. The van der Waals surface area contributed by atoms with E-state index in [9.17, 15) is 4.79 Å². The molecule has 0 unspecified atom stereocenters. The van der Waals surface area contributed by atoms with Crippen molar-refractivity contribution in [3.8, 4) is 11.4 Å².